The van der Waals surface area contributed by atoms with Crippen LogP contribution in [0.15, 0.2) is 48.0 Å². The summed E-state index contributed by atoms with van der Waals surface area (Å²) in [6.45, 7) is 3.58. The average molecular weight is 469 g/mol. The number of rotatable bonds is 7. The standard InChI is InChI=1S/C25H28N2O7/c1-32-18-6-3-16(4-7-18)23(29)21-22(17-5-8-19(28)20(15-17)33-2)27(25(31)24(21)30)10-9-26-11-13-34-14-12-26/h3-8,15,22,28-29H,9-14H2,1-2H3/b23-21+. The van der Waals surface area contributed by atoms with Crippen LogP contribution in [-0.4, -0.2) is 85.3 Å². The Morgan fingerprint density at radius 3 is 2.38 bits per heavy atom. The second kappa shape index (κ2) is 10.1. The molecule has 0 aliphatic carbocycles. The van der Waals surface area contributed by atoms with E-state index in [1.807, 2.05) is 0 Å². The summed E-state index contributed by atoms with van der Waals surface area (Å²) in [5.41, 5.74) is 0.929. The highest BCUT2D eigenvalue weighted by Gasteiger charge is 2.46. The third-order valence-electron chi connectivity index (χ3n) is 6.18. The molecule has 0 bridgehead atoms. The van der Waals surface area contributed by atoms with Crippen molar-refractivity contribution in [1.82, 2.24) is 9.80 Å². The highest BCUT2D eigenvalue weighted by molar-refractivity contribution is 6.46. The lowest BCUT2D eigenvalue weighted by molar-refractivity contribution is -0.140. The zero-order chi connectivity index (χ0) is 24.2. The normalized spacial score (nSPS) is 20.5. The van der Waals surface area contributed by atoms with Gasteiger partial charge >= 0.3 is 0 Å². The number of nitrogens with zero attached hydrogens (tertiary/aromatic N) is 2. The summed E-state index contributed by atoms with van der Waals surface area (Å²) in [5.74, 6) is -0.964. The second-order valence-electron chi connectivity index (χ2n) is 8.11. The summed E-state index contributed by atoms with van der Waals surface area (Å²) in [7, 11) is 2.96. The van der Waals surface area contributed by atoms with Gasteiger partial charge in [0.1, 0.15) is 11.5 Å². The predicted octanol–water partition coefficient (Wildman–Crippen LogP) is 2.16. The lowest BCUT2D eigenvalue weighted by atomic mass is 9.95. The number of phenolic OH excluding ortho intramolecular Hbond substituents is 1. The van der Waals surface area contributed by atoms with Crippen LogP contribution < -0.4 is 9.47 Å². The van der Waals surface area contributed by atoms with Crippen molar-refractivity contribution >= 4 is 17.4 Å². The van der Waals surface area contributed by atoms with E-state index < -0.39 is 17.7 Å². The molecule has 180 valence electrons. The van der Waals surface area contributed by atoms with Gasteiger partial charge in [0.05, 0.1) is 39.0 Å². The van der Waals surface area contributed by atoms with E-state index in [0.29, 0.717) is 36.6 Å². The van der Waals surface area contributed by atoms with Gasteiger partial charge in [-0.15, -0.1) is 0 Å². The highest BCUT2D eigenvalue weighted by Crippen LogP contribution is 2.41. The van der Waals surface area contributed by atoms with Gasteiger partial charge < -0.3 is 29.3 Å². The summed E-state index contributed by atoms with van der Waals surface area (Å²) in [6, 6.07) is 10.4. The molecule has 2 aliphatic heterocycles. The Kier molecular flexibility index (Phi) is 7.04. The minimum absolute atomic E-state index is 0.00936. The van der Waals surface area contributed by atoms with E-state index in [4.69, 9.17) is 14.2 Å². The number of amides is 1. The molecule has 2 aliphatic rings. The molecule has 9 nitrogen and oxygen atoms in total. The lowest BCUT2D eigenvalue weighted by Gasteiger charge is -2.31. The SMILES string of the molecule is COc1ccc(/C(O)=C2\C(=O)C(=O)N(CCN3CCOCC3)C2c2ccc(O)c(OC)c2)cc1. The Morgan fingerprint density at radius 1 is 1.03 bits per heavy atom. The van der Waals surface area contributed by atoms with Crippen molar-refractivity contribution in [3.05, 3.63) is 59.2 Å². The number of ketones is 1. The maximum absolute atomic E-state index is 13.2. The van der Waals surface area contributed by atoms with Crippen molar-refractivity contribution in [2.24, 2.45) is 0 Å². The van der Waals surface area contributed by atoms with Gasteiger partial charge in [0.25, 0.3) is 11.7 Å². The number of aromatic hydroxyl groups is 1. The Labute approximate surface area is 197 Å². The van der Waals surface area contributed by atoms with E-state index in [2.05, 4.69) is 4.90 Å². The molecule has 1 unspecified atom stereocenters. The van der Waals surface area contributed by atoms with Gasteiger partial charge in [0.15, 0.2) is 11.5 Å². The molecular weight excluding hydrogens is 440 g/mol. The van der Waals surface area contributed by atoms with Gasteiger partial charge in [0, 0.05) is 31.7 Å². The molecule has 0 radical (unpaired) electrons. The van der Waals surface area contributed by atoms with Crippen LogP contribution in [0.1, 0.15) is 17.2 Å². The maximum atomic E-state index is 13.2. The number of likely N-dealkylation sites (tertiary alicyclic amines) is 1. The van der Waals surface area contributed by atoms with Crippen molar-refractivity contribution in [3.63, 3.8) is 0 Å². The van der Waals surface area contributed by atoms with Crippen molar-refractivity contribution in [3.8, 4) is 17.2 Å². The fraction of sp³-hybridized carbons (Fsp3) is 0.360. The molecule has 0 aromatic heterocycles. The molecule has 34 heavy (non-hydrogen) atoms. The average Bonchev–Trinajstić information content (AvgIpc) is 3.13. The largest absolute Gasteiger partial charge is 0.507 e. The Balaban J connectivity index is 1.76. The molecule has 2 aromatic rings. The van der Waals surface area contributed by atoms with Crippen LogP contribution in [0, 0.1) is 0 Å². The minimum Gasteiger partial charge on any atom is -0.507 e. The zero-order valence-corrected chi connectivity index (χ0v) is 19.2. The monoisotopic (exact) mass is 468 g/mol. The topological polar surface area (TPSA) is 109 Å². The molecule has 2 saturated heterocycles. The predicted molar refractivity (Wildman–Crippen MR) is 124 cm³/mol. The van der Waals surface area contributed by atoms with Crippen LogP contribution in [0.4, 0.5) is 0 Å². The molecule has 2 aromatic carbocycles. The number of methoxy groups -OCH3 is 2. The van der Waals surface area contributed by atoms with Crippen LogP contribution in [0.25, 0.3) is 5.76 Å². The molecule has 2 N–H and O–H groups in total. The fourth-order valence-electron chi connectivity index (χ4n) is 4.30. The van der Waals surface area contributed by atoms with Crippen LogP contribution >= 0.6 is 0 Å². The third-order valence-corrected chi connectivity index (χ3v) is 6.18. The number of hydrogen-bond donors (Lipinski definition) is 2. The third kappa shape index (κ3) is 4.57. The smallest absolute Gasteiger partial charge is 0.295 e. The Morgan fingerprint density at radius 2 is 1.74 bits per heavy atom. The molecule has 0 spiro atoms. The number of carbonyl (C=O) groups is 2. The van der Waals surface area contributed by atoms with Crippen molar-refractivity contribution in [2.75, 3.05) is 53.6 Å². The first-order chi connectivity index (χ1) is 16.4. The molecule has 9 heteroatoms. The molecule has 1 amide bonds. The van der Waals surface area contributed by atoms with Crippen LogP contribution in [-0.2, 0) is 14.3 Å². The number of Topliss-reactive ketones (excluding diaryl/α,β-unsaturated/α-hetero) is 1. The summed E-state index contributed by atoms with van der Waals surface area (Å²) in [4.78, 5) is 29.9. The van der Waals surface area contributed by atoms with E-state index in [0.717, 1.165) is 13.1 Å². The number of morpholine rings is 1. The Hall–Kier alpha value is -3.56. The number of aliphatic hydroxyl groups is 1. The molecule has 1 atom stereocenters. The Bertz CT molecular complexity index is 1090. The van der Waals surface area contributed by atoms with Gasteiger partial charge in [-0.05, 0) is 42.0 Å². The number of carbonyl (C=O) groups excluding carboxylic acids is 2. The number of aliphatic hydroxyl groups excluding tert-OH is 1. The maximum Gasteiger partial charge on any atom is 0.295 e. The first-order valence-electron chi connectivity index (χ1n) is 11.0. The van der Waals surface area contributed by atoms with E-state index in [9.17, 15) is 19.8 Å². The van der Waals surface area contributed by atoms with Gasteiger partial charge in [0.2, 0.25) is 0 Å². The zero-order valence-electron chi connectivity index (χ0n) is 19.2. The van der Waals surface area contributed by atoms with Crippen LogP contribution in [0.3, 0.4) is 0 Å². The number of phenols is 1. The van der Waals surface area contributed by atoms with Crippen molar-refractivity contribution in [1.29, 1.82) is 0 Å². The quantitative estimate of drug-likeness (QED) is 0.362. The fourth-order valence-corrected chi connectivity index (χ4v) is 4.30. The highest BCUT2D eigenvalue weighted by atomic mass is 16.5. The van der Waals surface area contributed by atoms with Gasteiger partial charge in [-0.25, -0.2) is 0 Å². The molecule has 0 saturated carbocycles. The first kappa shape index (κ1) is 23.6. The number of ether oxygens (including phenoxy) is 3. The van der Waals surface area contributed by atoms with Gasteiger partial charge in [-0.2, -0.15) is 0 Å². The summed E-state index contributed by atoms with van der Waals surface area (Å²) in [5, 5.41) is 21.2. The van der Waals surface area contributed by atoms with E-state index in [1.54, 1.807) is 36.4 Å². The summed E-state index contributed by atoms with van der Waals surface area (Å²) >= 11 is 0. The van der Waals surface area contributed by atoms with Crippen molar-refractivity contribution < 1.29 is 34.0 Å². The van der Waals surface area contributed by atoms with E-state index in [1.165, 1.54) is 25.2 Å². The summed E-state index contributed by atoms with van der Waals surface area (Å²) in [6.07, 6.45) is 0. The van der Waals surface area contributed by atoms with Crippen LogP contribution in [0.5, 0.6) is 17.2 Å². The van der Waals surface area contributed by atoms with E-state index in [-0.39, 0.29) is 29.4 Å². The first-order valence-corrected chi connectivity index (χ1v) is 11.0. The lowest BCUT2D eigenvalue weighted by Crippen LogP contribution is -2.42. The molecule has 2 fully saturated rings. The van der Waals surface area contributed by atoms with E-state index >= 15 is 0 Å². The molecule has 2 heterocycles. The number of hydrogen-bond acceptors (Lipinski definition) is 8. The number of benzene rings is 2. The van der Waals surface area contributed by atoms with Gasteiger partial charge in [-0.1, -0.05) is 6.07 Å². The summed E-state index contributed by atoms with van der Waals surface area (Å²) < 4.78 is 15.8. The molecular formula is C25H28N2O7. The minimum atomic E-state index is -0.836. The van der Waals surface area contributed by atoms with Crippen LogP contribution in [0.2, 0.25) is 0 Å². The van der Waals surface area contributed by atoms with Gasteiger partial charge in [-0.3, -0.25) is 14.5 Å². The van der Waals surface area contributed by atoms with Crippen molar-refractivity contribution in [2.45, 2.75) is 6.04 Å². The molecule has 4 rings (SSSR count). The second-order valence-corrected chi connectivity index (χ2v) is 8.11.